The Morgan fingerprint density at radius 1 is 1.35 bits per heavy atom. The highest BCUT2D eigenvalue weighted by Crippen LogP contribution is 2.33. The van der Waals surface area contributed by atoms with Gasteiger partial charge >= 0.3 is 5.97 Å². The SMILES string of the molecule is CC(C)CC(C(=O)O)C(CSc1ccccc1O)[PH2]=O. The van der Waals surface area contributed by atoms with E-state index in [1.54, 1.807) is 18.2 Å². The molecule has 0 saturated heterocycles. The van der Waals surface area contributed by atoms with Crippen molar-refractivity contribution in [3.05, 3.63) is 24.3 Å². The quantitative estimate of drug-likeness (QED) is 0.568. The molecular formula is C14H21O4PS. The number of hydrogen-bond donors (Lipinski definition) is 2. The Balaban J connectivity index is 2.72. The Morgan fingerprint density at radius 2 is 2.00 bits per heavy atom. The topological polar surface area (TPSA) is 74.6 Å². The first-order valence-corrected chi connectivity index (χ1v) is 8.67. The van der Waals surface area contributed by atoms with E-state index in [0.29, 0.717) is 17.1 Å². The van der Waals surface area contributed by atoms with Gasteiger partial charge in [-0.1, -0.05) is 26.0 Å². The van der Waals surface area contributed by atoms with Crippen LogP contribution in [0.2, 0.25) is 0 Å². The second-order valence-corrected chi connectivity index (χ2v) is 7.34. The van der Waals surface area contributed by atoms with Gasteiger partial charge in [-0.05, 0) is 24.5 Å². The minimum Gasteiger partial charge on any atom is -0.507 e. The van der Waals surface area contributed by atoms with Gasteiger partial charge in [-0.25, -0.2) is 0 Å². The number of carbonyl (C=O) groups is 1. The lowest BCUT2D eigenvalue weighted by Crippen LogP contribution is -2.27. The summed E-state index contributed by atoms with van der Waals surface area (Å²) in [5.74, 6) is -0.599. The molecule has 0 amide bonds. The second-order valence-electron chi connectivity index (χ2n) is 5.15. The summed E-state index contributed by atoms with van der Waals surface area (Å²) in [5, 5.41) is 19.0. The van der Waals surface area contributed by atoms with Crippen molar-refractivity contribution in [3.8, 4) is 5.75 Å². The van der Waals surface area contributed by atoms with Crippen molar-refractivity contribution in [1.29, 1.82) is 0 Å². The molecule has 0 fully saturated rings. The smallest absolute Gasteiger partial charge is 0.307 e. The maximum absolute atomic E-state index is 11.4. The molecule has 3 unspecified atom stereocenters. The molecule has 0 saturated carbocycles. The lowest BCUT2D eigenvalue weighted by atomic mass is 9.94. The predicted molar refractivity (Wildman–Crippen MR) is 83.6 cm³/mol. The van der Waals surface area contributed by atoms with E-state index in [1.807, 2.05) is 19.9 Å². The van der Waals surface area contributed by atoms with Crippen LogP contribution in [0.25, 0.3) is 0 Å². The first kappa shape index (κ1) is 17.1. The fourth-order valence-electron chi connectivity index (χ4n) is 1.98. The summed E-state index contributed by atoms with van der Waals surface area (Å²) in [7, 11) is -1.16. The van der Waals surface area contributed by atoms with Gasteiger partial charge < -0.3 is 14.8 Å². The van der Waals surface area contributed by atoms with Crippen molar-refractivity contribution in [3.63, 3.8) is 0 Å². The summed E-state index contributed by atoms with van der Waals surface area (Å²) in [5.41, 5.74) is -0.348. The molecule has 4 nitrogen and oxygen atoms in total. The Hall–Kier alpha value is -0.930. The van der Waals surface area contributed by atoms with Crippen LogP contribution in [0.15, 0.2) is 29.2 Å². The Morgan fingerprint density at radius 3 is 2.50 bits per heavy atom. The van der Waals surface area contributed by atoms with Crippen molar-refractivity contribution in [2.45, 2.75) is 30.8 Å². The van der Waals surface area contributed by atoms with E-state index in [4.69, 9.17) is 0 Å². The van der Waals surface area contributed by atoms with Gasteiger partial charge in [0.2, 0.25) is 0 Å². The van der Waals surface area contributed by atoms with E-state index in [0.717, 1.165) is 0 Å². The summed E-state index contributed by atoms with van der Waals surface area (Å²) in [6.07, 6.45) is 0.524. The summed E-state index contributed by atoms with van der Waals surface area (Å²) in [6.45, 7) is 3.92. The first-order valence-electron chi connectivity index (χ1n) is 6.54. The Kier molecular flexibility index (Phi) is 7.17. The molecule has 0 aromatic heterocycles. The minimum atomic E-state index is -1.16. The summed E-state index contributed by atoms with van der Waals surface area (Å²) >= 11 is 1.36. The number of rotatable bonds is 8. The molecule has 1 aromatic carbocycles. The van der Waals surface area contributed by atoms with Gasteiger partial charge in [0.25, 0.3) is 0 Å². The van der Waals surface area contributed by atoms with Gasteiger partial charge in [-0.3, -0.25) is 4.79 Å². The number of carboxylic acids is 1. The summed E-state index contributed by atoms with van der Waals surface area (Å²) in [6, 6.07) is 6.90. The predicted octanol–water partition coefficient (Wildman–Crippen LogP) is 3.36. The van der Waals surface area contributed by atoms with Gasteiger partial charge in [0.15, 0.2) is 0 Å². The zero-order chi connectivity index (χ0) is 15.1. The third kappa shape index (κ3) is 5.22. The zero-order valence-electron chi connectivity index (χ0n) is 11.7. The number of para-hydroxylation sites is 1. The van der Waals surface area contributed by atoms with Crippen LogP contribution in [0.1, 0.15) is 20.3 Å². The molecule has 0 aliphatic heterocycles. The van der Waals surface area contributed by atoms with E-state index in [9.17, 15) is 19.6 Å². The standard InChI is InChI=1S/C14H21O4PS/c1-9(2)7-10(14(16)17)12(19-18)8-20-13-6-4-3-5-11(13)15/h3-6,9-10,12,15H,7-8,19H2,1-2H3,(H,16,17). The number of carboxylic acid groups (broad SMARTS) is 1. The number of phenolic OH excluding ortho intramolecular Hbond substituents is 1. The number of aromatic hydroxyl groups is 1. The highest BCUT2D eigenvalue weighted by Gasteiger charge is 2.28. The van der Waals surface area contributed by atoms with Crippen LogP contribution in [0.3, 0.4) is 0 Å². The van der Waals surface area contributed by atoms with Crippen LogP contribution >= 0.6 is 20.2 Å². The molecule has 2 N–H and O–H groups in total. The Bertz CT molecular complexity index is 464. The number of aliphatic carboxylic acids is 1. The molecule has 1 aromatic rings. The van der Waals surface area contributed by atoms with E-state index >= 15 is 0 Å². The van der Waals surface area contributed by atoms with Crippen molar-refractivity contribution in [2.75, 3.05) is 5.75 Å². The van der Waals surface area contributed by atoms with Crippen molar-refractivity contribution < 1.29 is 19.6 Å². The minimum absolute atomic E-state index is 0.174. The molecule has 0 bridgehead atoms. The van der Waals surface area contributed by atoms with E-state index in [-0.39, 0.29) is 17.3 Å². The van der Waals surface area contributed by atoms with Crippen molar-refractivity contribution >= 4 is 26.2 Å². The van der Waals surface area contributed by atoms with E-state index in [2.05, 4.69) is 0 Å². The van der Waals surface area contributed by atoms with Crippen LogP contribution in [0.4, 0.5) is 0 Å². The monoisotopic (exact) mass is 316 g/mol. The molecule has 3 atom stereocenters. The first-order chi connectivity index (χ1) is 9.45. The molecule has 0 spiro atoms. The van der Waals surface area contributed by atoms with Gasteiger partial charge in [0.05, 0.1) is 14.4 Å². The molecular weight excluding hydrogens is 295 g/mol. The van der Waals surface area contributed by atoms with Gasteiger partial charge in [-0.15, -0.1) is 11.8 Å². The Labute approximate surface area is 124 Å². The average molecular weight is 316 g/mol. The summed E-state index contributed by atoms with van der Waals surface area (Å²) in [4.78, 5) is 12.0. The highest BCUT2D eigenvalue weighted by molar-refractivity contribution is 7.99. The average Bonchev–Trinajstić information content (AvgIpc) is 2.39. The molecule has 20 heavy (non-hydrogen) atoms. The summed E-state index contributed by atoms with van der Waals surface area (Å²) < 4.78 is 11.4. The zero-order valence-corrected chi connectivity index (χ0v) is 13.6. The fraction of sp³-hybridized carbons (Fsp3) is 0.500. The van der Waals surface area contributed by atoms with Crippen molar-refractivity contribution in [1.82, 2.24) is 0 Å². The molecule has 112 valence electrons. The van der Waals surface area contributed by atoms with Crippen LogP contribution in [-0.4, -0.2) is 27.6 Å². The molecule has 6 heteroatoms. The third-order valence-corrected chi connectivity index (χ3v) is 5.63. The molecule has 0 aliphatic carbocycles. The lowest BCUT2D eigenvalue weighted by molar-refractivity contribution is -0.142. The number of phenols is 1. The number of thioether (sulfide) groups is 1. The molecule has 0 aliphatic rings. The van der Waals surface area contributed by atoms with Crippen LogP contribution < -0.4 is 0 Å². The van der Waals surface area contributed by atoms with Gasteiger partial charge in [-0.2, -0.15) is 0 Å². The van der Waals surface area contributed by atoms with Gasteiger partial charge in [0, 0.05) is 16.3 Å². The maximum Gasteiger partial charge on any atom is 0.307 e. The number of hydrogen-bond acceptors (Lipinski definition) is 4. The van der Waals surface area contributed by atoms with E-state index < -0.39 is 20.3 Å². The third-order valence-electron chi connectivity index (χ3n) is 3.03. The molecule has 1 rings (SSSR count). The van der Waals surface area contributed by atoms with Crippen molar-refractivity contribution in [2.24, 2.45) is 11.8 Å². The highest BCUT2D eigenvalue weighted by atomic mass is 32.2. The van der Waals surface area contributed by atoms with Crippen LogP contribution in [0, 0.1) is 11.8 Å². The normalized spacial score (nSPS) is 14.8. The number of benzene rings is 1. The maximum atomic E-state index is 11.4. The van der Waals surface area contributed by atoms with Crippen LogP contribution in [-0.2, 0) is 9.36 Å². The largest absolute Gasteiger partial charge is 0.507 e. The lowest BCUT2D eigenvalue weighted by Gasteiger charge is -2.21. The van der Waals surface area contributed by atoms with Gasteiger partial charge in [0.1, 0.15) is 5.75 Å². The van der Waals surface area contributed by atoms with Crippen LogP contribution in [0.5, 0.6) is 5.75 Å². The molecule has 0 radical (unpaired) electrons. The molecule has 0 heterocycles. The van der Waals surface area contributed by atoms with E-state index in [1.165, 1.54) is 11.8 Å². The fourth-order valence-corrected chi connectivity index (χ4v) is 4.09. The second kappa shape index (κ2) is 8.38.